The van der Waals surface area contributed by atoms with Crippen LogP contribution in [0.15, 0.2) is 23.1 Å². The van der Waals surface area contributed by atoms with Crippen molar-refractivity contribution in [3.63, 3.8) is 0 Å². The van der Waals surface area contributed by atoms with Gasteiger partial charge in [0.1, 0.15) is 5.69 Å². The maximum atomic E-state index is 13.0. The molecule has 9 heteroatoms. The van der Waals surface area contributed by atoms with Crippen molar-refractivity contribution in [2.45, 2.75) is 38.1 Å². The molecular formula is C17H27N3O5S. The molecule has 1 heterocycles. The van der Waals surface area contributed by atoms with Crippen LogP contribution in [0.25, 0.3) is 0 Å². The Hall–Kier alpha value is -1.71. The lowest BCUT2D eigenvalue weighted by molar-refractivity contribution is -0.384. The topological polar surface area (TPSA) is 102 Å². The molecule has 0 amide bonds. The number of nitro groups is 1. The summed E-state index contributed by atoms with van der Waals surface area (Å²) in [6.45, 7) is 7.11. The van der Waals surface area contributed by atoms with Gasteiger partial charge in [0, 0.05) is 32.3 Å². The standard InChI is InChI=1S/C17H27N3O5S/c1-12-7-13(2)10-19(9-12)26(23,24)15-5-6-16(17(8-15)20(21)22)18-14(3)11-25-4/h5-6,8,12-14,18H,7,9-11H2,1-4H3/t12-,13-,14-/m0/s1. The van der Waals surface area contributed by atoms with Gasteiger partial charge in [-0.05, 0) is 37.3 Å². The fraction of sp³-hybridized carbons (Fsp3) is 0.647. The number of methoxy groups -OCH3 is 1. The van der Waals surface area contributed by atoms with Gasteiger partial charge in [-0.3, -0.25) is 10.1 Å². The highest BCUT2D eigenvalue weighted by Gasteiger charge is 2.33. The van der Waals surface area contributed by atoms with Crippen LogP contribution in [0.5, 0.6) is 0 Å². The van der Waals surface area contributed by atoms with Gasteiger partial charge < -0.3 is 10.1 Å². The molecule has 1 aromatic rings. The van der Waals surface area contributed by atoms with Gasteiger partial charge in [0.25, 0.3) is 5.69 Å². The molecule has 1 N–H and O–H groups in total. The molecule has 1 fully saturated rings. The van der Waals surface area contributed by atoms with Gasteiger partial charge in [-0.1, -0.05) is 13.8 Å². The largest absolute Gasteiger partial charge is 0.383 e. The highest BCUT2D eigenvalue weighted by Crippen LogP contribution is 2.32. The van der Waals surface area contributed by atoms with Gasteiger partial charge in [-0.2, -0.15) is 4.31 Å². The quantitative estimate of drug-likeness (QED) is 0.572. The van der Waals surface area contributed by atoms with E-state index in [1.807, 2.05) is 20.8 Å². The van der Waals surface area contributed by atoms with Crippen LogP contribution in [0.3, 0.4) is 0 Å². The van der Waals surface area contributed by atoms with Crippen molar-refractivity contribution in [2.75, 3.05) is 32.1 Å². The summed E-state index contributed by atoms with van der Waals surface area (Å²) in [6.07, 6.45) is 0.979. The number of sulfonamides is 1. The lowest BCUT2D eigenvalue weighted by Crippen LogP contribution is -2.42. The molecule has 26 heavy (non-hydrogen) atoms. The van der Waals surface area contributed by atoms with Gasteiger partial charge in [-0.25, -0.2) is 8.42 Å². The third-order valence-electron chi connectivity index (χ3n) is 4.46. The van der Waals surface area contributed by atoms with E-state index in [0.29, 0.717) is 19.7 Å². The van der Waals surface area contributed by atoms with E-state index >= 15 is 0 Å². The summed E-state index contributed by atoms with van der Waals surface area (Å²) in [7, 11) is -2.22. The molecule has 0 saturated carbocycles. The molecule has 0 spiro atoms. The van der Waals surface area contributed by atoms with Crippen LogP contribution in [0.2, 0.25) is 0 Å². The second kappa shape index (κ2) is 8.32. The number of benzene rings is 1. The van der Waals surface area contributed by atoms with E-state index in [1.54, 1.807) is 7.11 Å². The molecule has 0 radical (unpaired) electrons. The van der Waals surface area contributed by atoms with Crippen molar-refractivity contribution < 1.29 is 18.1 Å². The Labute approximate surface area is 154 Å². The Morgan fingerprint density at radius 1 is 1.35 bits per heavy atom. The number of nitrogens with zero attached hydrogens (tertiary/aromatic N) is 2. The van der Waals surface area contributed by atoms with E-state index in [2.05, 4.69) is 5.32 Å². The summed E-state index contributed by atoms with van der Waals surface area (Å²) in [4.78, 5) is 10.8. The molecule has 1 saturated heterocycles. The van der Waals surface area contributed by atoms with Crippen molar-refractivity contribution in [3.05, 3.63) is 28.3 Å². The first-order valence-corrected chi connectivity index (χ1v) is 10.1. The molecule has 0 bridgehead atoms. The molecule has 2 rings (SSSR count). The highest BCUT2D eigenvalue weighted by atomic mass is 32.2. The molecule has 1 aliphatic heterocycles. The minimum absolute atomic E-state index is 0.0459. The van der Waals surface area contributed by atoms with Crippen LogP contribution in [0.1, 0.15) is 27.2 Å². The predicted molar refractivity (Wildman–Crippen MR) is 99.8 cm³/mol. The Morgan fingerprint density at radius 3 is 2.50 bits per heavy atom. The second-order valence-corrected chi connectivity index (χ2v) is 9.14. The molecule has 1 aliphatic rings. The van der Waals surface area contributed by atoms with Crippen molar-refractivity contribution >= 4 is 21.4 Å². The highest BCUT2D eigenvalue weighted by molar-refractivity contribution is 7.89. The van der Waals surface area contributed by atoms with E-state index in [9.17, 15) is 18.5 Å². The minimum Gasteiger partial charge on any atom is -0.383 e. The first kappa shape index (κ1) is 20.6. The minimum atomic E-state index is -3.76. The van der Waals surface area contributed by atoms with Crippen molar-refractivity contribution in [2.24, 2.45) is 11.8 Å². The number of hydrogen-bond acceptors (Lipinski definition) is 6. The van der Waals surface area contributed by atoms with Crippen LogP contribution < -0.4 is 5.32 Å². The summed E-state index contributed by atoms with van der Waals surface area (Å²) in [5.74, 6) is 0.527. The summed E-state index contributed by atoms with van der Waals surface area (Å²) < 4.78 is 32.4. The molecule has 0 unspecified atom stereocenters. The first-order chi connectivity index (χ1) is 12.1. The van der Waals surface area contributed by atoms with Gasteiger partial charge in [0.05, 0.1) is 16.4 Å². The molecule has 0 aliphatic carbocycles. The number of nitrogens with one attached hydrogen (secondary N) is 1. The Balaban J connectivity index is 2.34. The van der Waals surface area contributed by atoms with Gasteiger partial charge >= 0.3 is 0 Å². The fourth-order valence-corrected chi connectivity index (χ4v) is 5.15. The predicted octanol–water partition coefficient (Wildman–Crippen LogP) is 2.71. The summed E-state index contributed by atoms with van der Waals surface area (Å²) in [6, 6.07) is 3.87. The van der Waals surface area contributed by atoms with Gasteiger partial charge in [0.2, 0.25) is 10.0 Å². The van der Waals surface area contributed by atoms with Crippen molar-refractivity contribution in [3.8, 4) is 0 Å². The van der Waals surface area contributed by atoms with Crippen molar-refractivity contribution in [1.29, 1.82) is 0 Å². The molecule has 1 aromatic carbocycles. The molecule has 146 valence electrons. The third kappa shape index (κ3) is 4.72. The van der Waals surface area contributed by atoms with E-state index in [4.69, 9.17) is 4.74 Å². The number of rotatable bonds is 7. The van der Waals surface area contributed by atoms with E-state index in [-0.39, 0.29) is 34.1 Å². The molecular weight excluding hydrogens is 358 g/mol. The zero-order chi connectivity index (χ0) is 19.5. The third-order valence-corrected chi connectivity index (χ3v) is 6.29. The normalized spacial score (nSPS) is 22.8. The number of nitro benzene ring substituents is 1. The van der Waals surface area contributed by atoms with Crippen molar-refractivity contribution in [1.82, 2.24) is 4.31 Å². The maximum Gasteiger partial charge on any atom is 0.293 e. The van der Waals surface area contributed by atoms with Crippen LogP contribution in [-0.4, -0.2) is 50.5 Å². The summed E-state index contributed by atoms with van der Waals surface area (Å²) in [5, 5.41) is 14.4. The fourth-order valence-electron chi connectivity index (χ4n) is 3.45. The smallest absolute Gasteiger partial charge is 0.293 e. The van der Waals surface area contributed by atoms with Crippen LogP contribution >= 0.6 is 0 Å². The molecule has 3 atom stereocenters. The lowest BCUT2D eigenvalue weighted by atomic mass is 9.94. The van der Waals surface area contributed by atoms with E-state index in [1.165, 1.54) is 16.4 Å². The zero-order valence-electron chi connectivity index (χ0n) is 15.6. The Morgan fingerprint density at radius 2 is 1.96 bits per heavy atom. The first-order valence-electron chi connectivity index (χ1n) is 8.69. The van der Waals surface area contributed by atoms with E-state index in [0.717, 1.165) is 12.5 Å². The van der Waals surface area contributed by atoms with Crippen LogP contribution in [0, 0.1) is 22.0 Å². The SMILES string of the molecule is COC[C@H](C)Nc1ccc(S(=O)(=O)N2C[C@@H](C)C[C@H](C)C2)cc1[N+](=O)[O-]. The zero-order valence-corrected chi connectivity index (χ0v) is 16.5. The average molecular weight is 385 g/mol. The summed E-state index contributed by atoms with van der Waals surface area (Å²) in [5.41, 5.74) is 0.0195. The number of anilines is 1. The lowest BCUT2D eigenvalue weighted by Gasteiger charge is -2.34. The number of piperidine rings is 1. The summed E-state index contributed by atoms with van der Waals surface area (Å²) >= 11 is 0. The van der Waals surface area contributed by atoms with Crippen LogP contribution in [-0.2, 0) is 14.8 Å². The Bertz CT molecular complexity index is 743. The monoisotopic (exact) mass is 385 g/mol. The average Bonchev–Trinajstić information content (AvgIpc) is 2.54. The molecule has 8 nitrogen and oxygen atoms in total. The second-order valence-electron chi connectivity index (χ2n) is 7.20. The number of ether oxygens (including phenoxy) is 1. The molecule has 0 aromatic heterocycles. The Kier molecular flexibility index (Phi) is 6.59. The number of hydrogen-bond donors (Lipinski definition) is 1. The van der Waals surface area contributed by atoms with Crippen LogP contribution in [0.4, 0.5) is 11.4 Å². The maximum absolute atomic E-state index is 13.0. The van der Waals surface area contributed by atoms with E-state index < -0.39 is 14.9 Å². The van der Waals surface area contributed by atoms with Gasteiger partial charge in [0.15, 0.2) is 0 Å². The van der Waals surface area contributed by atoms with Gasteiger partial charge in [-0.15, -0.1) is 0 Å².